The van der Waals surface area contributed by atoms with E-state index in [1.165, 1.54) is 11.3 Å². The van der Waals surface area contributed by atoms with Gasteiger partial charge in [0.1, 0.15) is 4.34 Å². The second kappa shape index (κ2) is 10.6. The number of carbonyl (C=O) groups is 2. The number of halogens is 2. The average Bonchev–Trinajstić information content (AvgIpc) is 3.12. The molecule has 0 aliphatic heterocycles. The second-order valence-corrected chi connectivity index (χ2v) is 10.4. The van der Waals surface area contributed by atoms with E-state index < -0.39 is 5.91 Å². The van der Waals surface area contributed by atoms with E-state index in [1.54, 1.807) is 0 Å². The topological polar surface area (TPSA) is 75.6 Å². The lowest BCUT2D eigenvalue weighted by atomic mass is 9.85. The van der Waals surface area contributed by atoms with Gasteiger partial charge in [-0.05, 0) is 42.4 Å². The highest BCUT2D eigenvalue weighted by Gasteiger charge is 2.29. The predicted octanol–water partition coefficient (Wildman–Crippen LogP) is 6.89. The summed E-state index contributed by atoms with van der Waals surface area (Å²) in [6.07, 6.45) is 2.79. The first-order chi connectivity index (χ1) is 16.0. The fraction of sp³-hybridized carbons (Fsp3) is 0.280. The first-order valence-corrected chi connectivity index (χ1v) is 12.3. The summed E-state index contributed by atoms with van der Waals surface area (Å²) in [5, 5.41) is 5.56. The van der Waals surface area contributed by atoms with Crippen molar-refractivity contribution in [2.45, 2.75) is 38.1 Å². The molecule has 3 aromatic rings. The monoisotopic (exact) mass is 500 g/mol. The maximum atomic E-state index is 13.1. The highest BCUT2D eigenvalue weighted by atomic mass is 35.5. The van der Waals surface area contributed by atoms with Gasteiger partial charge in [0, 0.05) is 29.1 Å². The number of nitrogens with zero attached hydrogens (tertiary/aromatic N) is 1. The summed E-state index contributed by atoms with van der Waals surface area (Å²) in [4.78, 5) is 35.0. The molecule has 1 saturated carbocycles. The Labute approximate surface area is 206 Å². The molecule has 0 spiro atoms. The molecule has 0 radical (unpaired) electrons. The van der Waals surface area contributed by atoms with Crippen LogP contribution in [0.1, 0.15) is 47.2 Å². The van der Waals surface area contributed by atoms with Crippen molar-refractivity contribution in [2.24, 2.45) is 11.1 Å². The van der Waals surface area contributed by atoms with E-state index in [9.17, 15) is 14.5 Å². The molecule has 5 nitrogen and oxygen atoms in total. The van der Waals surface area contributed by atoms with E-state index in [4.69, 9.17) is 23.2 Å². The molecule has 1 heterocycles. The van der Waals surface area contributed by atoms with Crippen LogP contribution in [-0.4, -0.2) is 17.9 Å². The van der Waals surface area contributed by atoms with Crippen LogP contribution in [0.5, 0.6) is 0 Å². The molecule has 2 amide bonds. The molecule has 1 fully saturated rings. The summed E-state index contributed by atoms with van der Waals surface area (Å²) >= 11 is 14.1. The van der Waals surface area contributed by atoms with Crippen molar-refractivity contribution in [1.82, 2.24) is 5.32 Å². The molecule has 0 unspecified atom stereocenters. The third-order valence-electron chi connectivity index (χ3n) is 6.09. The second-order valence-electron chi connectivity index (χ2n) is 8.19. The zero-order valence-corrected chi connectivity index (χ0v) is 20.1. The summed E-state index contributed by atoms with van der Waals surface area (Å²) in [5.41, 5.74) is 4.41. The summed E-state index contributed by atoms with van der Waals surface area (Å²) in [6, 6.07) is 18.2. The van der Waals surface area contributed by atoms with Gasteiger partial charge in [-0.2, -0.15) is 0 Å². The lowest BCUT2D eigenvalue weighted by Gasteiger charge is -2.27. The summed E-state index contributed by atoms with van der Waals surface area (Å²) < 4.78 is 0.867. The van der Waals surface area contributed by atoms with E-state index in [0.717, 1.165) is 16.7 Å². The van der Waals surface area contributed by atoms with Gasteiger partial charge in [0.2, 0.25) is 0 Å². The van der Waals surface area contributed by atoms with E-state index in [-0.39, 0.29) is 17.9 Å². The number of nitrogens with one attached hydrogen (secondary N) is 1. The molecule has 0 atom stereocenters. The molecule has 1 aromatic heterocycles. The molecule has 4 rings (SSSR count). The minimum absolute atomic E-state index is 0.0825. The minimum Gasteiger partial charge on any atom is -0.349 e. The van der Waals surface area contributed by atoms with Gasteiger partial charge in [-0.15, -0.1) is 16.2 Å². The molecule has 8 heteroatoms. The molecule has 1 aliphatic carbocycles. The van der Waals surface area contributed by atoms with E-state index >= 15 is 0 Å². The van der Waals surface area contributed by atoms with Crippen LogP contribution in [0, 0.1) is 10.8 Å². The molecule has 0 saturated heterocycles. The number of rotatable bonds is 6. The van der Waals surface area contributed by atoms with E-state index in [0.29, 0.717) is 51.9 Å². The quantitative estimate of drug-likeness (QED) is 0.374. The van der Waals surface area contributed by atoms with E-state index in [2.05, 4.69) is 34.8 Å². The van der Waals surface area contributed by atoms with Crippen LogP contribution < -0.4 is 5.32 Å². The Morgan fingerprint density at radius 3 is 2.18 bits per heavy atom. The Balaban J connectivity index is 1.46. The molecule has 33 heavy (non-hydrogen) atoms. The molecule has 2 aromatic carbocycles. The first kappa shape index (κ1) is 23.6. The highest BCUT2D eigenvalue weighted by Crippen LogP contribution is 2.38. The standard InChI is InChI=1S/C25H22Cl2N2O3S/c26-22-20(14-15-6-8-17(9-7-15)16-4-2-1-3-5-16)21(23(27)33-22)25(31)28-19-12-10-18(11-13-19)24(30)29-32/h1-9,18-19H,10-14H2,(H,28,31). The fourth-order valence-corrected chi connectivity index (χ4v) is 5.97. The first-order valence-electron chi connectivity index (χ1n) is 10.8. The fourth-order valence-electron chi connectivity index (χ4n) is 4.26. The van der Waals surface area contributed by atoms with Crippen molar-refractivity contribution >= 4 is 46.4 Å². The van der Waals surface area contributed by atoms with Gasteiger partial charge in [-0.3, -0.25) is 9.59 Å². The molecule has 1 aliphatic rings. The van der Waals surface area contributed by atoms with Gasteiger partial charge in [0.25, 0.3) is 11.8 Å². The third kappa shape index (κ3) is 5.52. The van der Waals surface area contributed by atoms with Gasteiger partial charge >= 0.3 is 0 Å². The number of benzene rings is 2. The number of thiophene rings is 1. The Morgan fingerprint density at radius 2 is 1.55 bits per heavy atom. The largest absolute Gasteiger partial charge is 0.349 e. The molecule has 1 N–H and O–H groups in total. The van der Waals surface area contributed by atoms with Gasteiger partial charge in [0.15, 0.2) is 0 Å². The third-order valence-corrected chi connectivity index (χ3v) is 7.77. The number of hydrogen-bond donors (Lipinski definition) is 1. The Bertz CT molecular complexity index is 1150. The zero-order chi connectivity index (χ0) is 23.4. The summed E-state index contributed by atoms with van der Waals surface area (Å²) in [5.74, 6) is -1.21. The average molecular weight is 501 g/mol. The maximum absolute atomic E-state index is 13.1. The molecule has 170 valence electrons. The van der Waals surface area contributed by atoms with Crippen LogP contribution in [0.4, 0.5) is 0 Å². The van der Waals surface area contributed by atoms with Crippen LogP contribution in [0.2, 0.25) is 8.67 Å². The summed E-state index contributed by atoms with van der Waals surface area (Å²) in [6.45, 7) is 0. The summed E-state index contributed by atoms with van der Waals surface area (Å²) in [7, 11) is 0. The van der Waals surface area contributed by atoms with Gasteiger partial charge in [-0.1, -0.05) is 77.8 Å². The number of nitroso groups, excluding NO2 is 1. The number of carbonyl (C=O) groups excluding carboxylic acids is 2. The van der Waals surface area contributed by atoms with Crippen molar-refractivity contribution in [1.29, 1.82) is 0 Å². The molecular weight excluding hydrogens is 479 g/mol. The molecular formula is C25H22Cl2N2O3S. The molecule has 0 bridgehead atoms. The number of hydrogen-bond acceptors (Lipinski definition) is 4. The Hall–Kier alpha value is -2.54. The Morgan fingerprint density at radius 1 is 0.909 bits per heavy atom. The zero-order valence-electron chi connectivity index (χ0n) is 17.7. The van der Waals surface area contributed by atoms with Crippen molar-refractivity contribution < 1.29 is 9.59 Å². The van der Waals surface area contributed by atoms with Gasteiger partial charge < -0.3 is 5.32 Å². The normalized spacial score (nSPS) is 18.0. The van der Waals surface area contributed by atoms with Crippen LogP contribution >= 0.6 is 34.5 Å². The highest BCUT2D eigenvalue weighted by molar-refractivity contribution is 7.20. The lowest BCUT2D eigenvalue weighted by Crippen LogP contribution is -2.38. The maximum Gasteiger partial charge on any atom is 0.289 e. The lowest BCUT2D eigenvalue weighted by molar-refractivity contribution is -0.122. The Kier molecular flexibility index (Phi) is 7.58. The van der Waals surface area contributed by atoms with E-state index in [1.807, 2.05) is 30.3 Å². The van der Waals surface area contributed by atoms with Crippen molar-refractivity contribution in [2.75, 3.05) is 0 Å². The van der Waals surface area contributed by atoms with Crippen molar-refractivity contribution in [3.63, 3.8) is 0 Å². The van der Waals surface area contributed by atoms with Crippen molar-refractivity contribution in [3.05, 3.63) is 84.9 Å². The smallest absolute Gasteiger partial charge is 0.289 e. The van der Waals surface area contributed by atoms with Crippen LogP contribution in [0.25, 0.3) is 11.1 Å². The number of amides is 2. The minimum atomic E-state index is -0.604. The predicted molar refractivity (Wildman–Crippen MR) is 133 cm³/mol. The van der Waals surface area contributed by atoms with Gasteiger partial charge in [-0.25, -0.2) is 0 Å². The SMILES string of the molecule is O=NC(=O)C1CCC(NC(=O)c2c(Cl)sc(Cl)c2Cc2ccc(-c3ccccc3)cc2)CC1. The van der Waals surface area contributed by atoms with Gasteiger partial charge in [0.05, 0.1) is 9.90 Å². The van der Waals surface area contributed by atoms with Crippen LogP contribution in [0.15, 0.2) is 59.8 Å². The van der Waals surface area contributed by atoms with Crippen LogP contribution in [0.3, 0.4) is 0 Å². The van der Waals surface area contributed by atoms with Crippen molar-refractivity contribution in [3.8, 4) is 11.1 Å². The van der Waals surface area contributed by atoms with Crippen LogP contribution in [-0.2, 0) is 11.2 Å².